The molecule has 0 spiro atoms. The van der Waals surface area contributed by atoms with Crippen molar-refractivity contribution in [3.8, 4) is 0 Å². The van der Waals surface area contributed by atoms with Gasteiger partial charge in [0.05, 0.1) is 5.69 Å². The number of hydrogen-bond acceptors (Lipinski definition) is 4. The summed E-state index contributed by atoms with van der Waals surface area (Å²) in [6.07, 6.45) is 6.66. The van der Waals surface area contributed by atoms with Crippen LogP contribution in [0.1, 0.15) is 48.2 Å². The zero-order valence-corrected chi connectivity index (χ0v) is 15.4. The van der Waals surface area contributed by atoms with E-state index in [4.69, 9.17) is 0 Å². The van der Waals surface area contributed by atoms with Crippen LogP contribution in [0, 0.1) is 5.92 Å². The molecule has 1 aliphatic heterocycles. The summed E-state index contributed by atoms with van der Waals surface area (Å²) in [6, 6.07) is 10.6. The summed E-state index contributed by atoms with van der Waals surface area (Å²) >= 11 is 1.66. The van der Waals surface area contributed by atoms with Crippen LogP contribution in [0.25, 0.3) is 0 Å². The Morgan fingerprint density at radius 2 is 2.00 bits per heavy atom. The molecule has 1 aromatic carbocycles. The van der Waals surface area contributed by atoms with Gasteiger partial charge in [-0.2, -0.15) is 0 Å². The Morgan fingerprint density at radius 3 is 2.80 bits per heavy atom. The molecule has 1 amide bonds. The van der Waals surface area contributed by atoms with E-state index in [9.17, 15) is 4.79 Å². The largest absolute Gasteiger partial charge is 0.302 e. The Balaban J connectivity index is 1.38. The van der Waals surface area contributed by atoms with Crippen LogP contribution in [0.15, 0.2) is 30.3 Å². The Labute approximate surface area is 153 Å². The molecule has 0 unspecified atom stereocenters. The minimum Gasteiger partial charge on any atom is -0.302 e. The van der Waals surface area contributed by atoms with Crippen LogP contribution in [-0.2, 0) is 24.3 Å². The highest BCUT2D eigenvalue weighted by molar-refractivity contribution is 7.15. The topological polar surface area (TPSA) is 45.2 Å². The maximum Gasteiger partial charge on any atom is 0.229 e. The summed E-state index contributed by atoms with van der Waals surface area (Å²) in [5.41, 5.74) is 2.52. The first-order chi connectivity index (χ1) is 12.3. The summed E-state index contributed by atoms with van der Waals surface area (Å²) in [7, 11) is 0. The molecule has 25 heavy (non-hydrogen) atoms. The van der Waals surface area contributed by atoms with E-state index in [2.05, 4.69) is 45.5 Å². The van der Waals surface area contributed by atoms with Crippen LogP contribution >= 0.6 is 11.3 Å². The van der Waals surface area contributed by atoms with Gasteiger partial charge in [-0.15, -0.1) is 11.3 Å². The fraction of sp³-hybridized carbons (Fsp3) is 0.500. The van der Waals surface area contributed by atoms with Crippen LogP contribution in [-0.4, -0.2) is 22.3 Å². The van der Waals surface area contributed by atoms with E-state index in [0.29, 0.717) is 0 Å². The summed E-state index contributed by atoms with van der Waals surface area (Å²) in [5.74, 6) is 0.358. The van der Waals surface area contributed by atoms with E-state index in [0.717, 1.165) is 44.0 Å². The molecule has 5 heteroatoms. The third-order valence-corrected chi connectivity index (χ3v) is 6.26. The first-order valence-electron chi connectivity index (χ1n) is 9.33. The number of fused-ring (bicyclic) bond motifs is 1. The van der Waals surface area contributed by atoms with Gasteiger partial charge in [0.25, 0.3) is 0 Å². The summed E-state index contributed by atoms with van der Waals surface area (Å²) in [6.45, 7) is 2.94. The summed E-state index contributed by atoms with van der Waals surface area (Å²) in [4.78, 5) is 20.9. The standard InChI is InChI=1S/C20H25N3OS/c24-19(16-9-5-2-6-10-16)22-20-21-17-11-12-23(14-18(17)25-20)13-15-7-3-1-4-8-15/h1,3-4,7-8,16H,2,5-6,9-14H2,(H,21,22,24). The van der Waals surface area contributed by atoms with Crippen LogP contribution < -0.4 is 5.32 Å². The molecule has 1 N–H and O–H groups in total. The first kappa shape index (κ1) is 16.7. The number of amides is 1. The number of benzene rings is 1. The molecule has 132 valence electrons. The average molecular weight is 356 g/mol. The molecule has 2 aromatic rings. The lowest BCUT2D eigenvalue weighted by atomic mass is 9.89. The maximum absolute atomic E-state index is 12.4. The number of nitrogens with zero attached hydrogens (tertiary/aromatic N) is 2. The number of carbonyl (C=O) groups is 1. The van der Waals surface area contributed by atoms with Gasteiger partial charge in [-0.3, -0.25) is 9.69 Å². The van der Waals surface area contributed by atoms with Gasteiger partial charge in [-0.25, -0.2) is 4.98 Å². The molecule has 0 bridgehead atoms. The predicted molar refractivity (Wildman–Crippen MR) is 102 cm³/mol. The Morgan fingerprint density at radius 1 is 1.20 bits per heavy atom. The van der Waals surface area contributed by atoms with Gasteiger partial charge in [0.1, 0.15) is 0 Å². The van der Waals surface area contributed by atoms with Gasteiger partial charge in [-0.05, 0) is 18.4 Å². The number of carbonyl (C=O) groups excluding carboxylic acids is 1. The lowest BCUT2D eigenvalue weighted by Crippen LogP contribution is -2.29. The quantitative estimate of drug-likeness (QED) is 0.893. The number of aromatic nitrogens is 1. The van der Waals surface area contributed by atoms with Crippen molar-refractivity contribution in [2.45, 2.75) is 51.6 Å². The van der Waals surface area contributed by atoms with E-state index in [-0.39, 0.29) is 11.8 Å². The smallest absolute Gasteiger partial charge is 0.229 e. The Bertz CT molecular complexity index is 722. The monoisotopic (exact) mass is 355 g/mol. The predicted octanol–water partition coefficient (Wildman–Crippen LogP) is 4.22. The second-order valence-electron chi connectivity index (χ2n) is 7.16. The van der Waals surface area contributed by atoms with Gasteiger partial charge in [0, 0.05) is 36.9 Å². The van der Waals surface area contributed by atoms with Gasteiger partial charge >= 0.3 is 0 Å². The van der Waals surface area contributed by atoms with E-state index in [1.54, 1.807) is 11.3 Å². The fourth-order valence-electron chi connectivity index (χ4n) is 3.85. The number of rotatable bonds is 4. The molecule has 0 radical (unpaired) electrons. The third-order valence-electron chi connectivity index (χ3n) is 5.27. The number of thiazole rings is 1. The molecule has 0 saturated heterocycles. The molecule has 1 aromatic heterocycles. The van der Waals surface area contributed by atoms with Gasteiger partial charge in [-0.1, -0.05) is 49.6 Å². The van der Waals surface area contributed by atoms with Crippen molar-refractivity contribution < 1.29 is 4.79 Å². The number of anilines is 1. The number of nitrogens with one attached hydrogen (secondary N) is 1. The Hall–Kier alpha value is -1.72. The molecule has 4 nitrogen and oxygen atoms in total. The molecule has 1 saturated carbocycles. The zero-order chi connectivity index (χ0) is 17.1. The van der Waals surface area contributed by atoms with Crippen LogP contribution in [0.3, 0.4) is 0 Å². The maximum atomic E-state index is 12.4. The molecule has 0 atom stereocenters. The summed E-state index contributed by atoms with van der Waals surface area (Å²) in [5, 5.41) is 3.88. The normalized spacial score (nSPS) is 18.7. The molecular weight excluding hydrogens is 330 g/mol. The van der Waals surface area contributed by atoms with Crippen molar-refractivity contribution in [3.63, 3.8) is 0 Å². The zero-order valence-electron chi connectivity index (χ0n) is 14.5. The highest BCUT2D eigenvalue weighted by Crippen LogP contribution is 2.30. The second-order valence-corrected chi connectivity index (χ2v) is 8.24. The van der Waals surface area contributed by atoms with Crippen molar-refractivity contribution in [3.05, 3.63) is 46.5 Å². The van der Waals surface area contributed by atoms with Gasteiger partial charge in [0.2, 0.25) is 5.91 Å². The molecule has 4 rings (SSSR count). The first-order valence-corrected chi connectivity index (χ1v) is 10.2. The molecule has 2 heterocycles. The van der Waals surface area contributed by atoms with Crippen molar-refractivity contribution in [1.82, 2.24) is 9.88 Å². The van der Waals surface area contributed by atoms with E-state index in [1.165, 1.54) is 35.4 Å². The van der Waals surface area contributed by atoms with E-state index >= 15 is 0 Å². The molecular formula is C20H25N3OS. The SMILES string of the molecule is O=C(Nc1nc2c(s1)CN(Cc1ccccc1)CC2)C1CCCCC1. The minimum absolute atomic E-state index is 0.173. The lowest BCUT2D eigenvalue weighted by Gasteiger charge is -2.25. The minimum atomic E-state index is 0.173. The van der Waals surface area contributed by atoms with Crippen molar-refractivity contribution >= 4 is 22.4 Å². The fourth-order valence-corrected chi connectivity index (χ4v) is 4.90. The lowest BCUT2D eigenvalue weighted by molar-refractivity contribution is -0.120. The van der Waals surface area contributed by atoms with Crippen LogP contribution in [0.5, 0.6) is 0 Å². The van der Waals surface area contributed by atoms with Gasteiger partial charge < -0.3 is 5.32 Å². The second kappa shape index (κ2) is 7.67. The van der Waals surface area contributed by atoms with Crippen molar-refractivity contribution in [2.75, 3.05) is 11.9 Å². The molecule has 2 aliphatic rings. The summed E-state index contributed by atoms with van der Waals surface area (Å²) < 4.78 is 0. The Kier molecular flexibility index (Phi) is 5.13. The van der Waals surface area contributed by atoms with Crippen molar-refractivity contribution in [2.24, 2.45) is 5.92 Å². The van der Waals surface area contributed by atoms with Gasteiger partial charge in [0.15, 0.2) is 5.13 Å². The van der Waals surface area contributed by atoms with Crippen LogP contribution in [0.2, 0.25) is 0 Å². The third kappa shape index (κ3) is 4.10. The highest BCUT2D eigenvalue weighted by Gasteiger charge is 2.24. The average Bonchev–Trinajstić information content (AvgIpc) is 3.05. The highest BCUT2D eigenvalue weighted by atomic mass is 32.1. The molecule has 1 aliphatic carbocycles. The number of hydrogen-bond donors (Lipinski definition) is 1. The van der Waals surface area contributed by atoms with Crippen LogP contribution in [0.4, 0.5) is 5.13 Å². The van der Waals surface area contributed by atoms with E-state index in [1.807, 2.05) is 0 Å². The molecule has 1 fully saturated rings. The van der Waals surface area contributed by atoms with Crippen molar-refractivity contribution in [1.29, 1.82) is 0 Å². The van der Waals surface area contributed by atoms with E-state index < -0.39 is 0 Å².